The molecule has 2 aliphatic rings. The number of amides is 1. The molecule has 2 aliphatic heterocycles. The number of hydrogen-bond acceptors (Lipinski definition) is 6. The van der Waals surface area contributed by atoms with Gasteiger partial charge in [0.1, 0.15) is 0 Å². The average molecular weight is 381 g/mol. The van der Waals surface area contributed by atoms with Gasteiger partial charge in [-0.1, -0.05) is 25.0 Å². The molecular formula is C21H27N5O2. The van der Waals surface area contributed by atoms with Gasteiger partial charge >= 0.3 is 0 Å². The second-order valence-electron chi connectivity index (χ2n) is 7.24. The second-order valence-corrected chi connectivity index (χ2v) is 7.24. The summed E-state index contributed by atoms with van der Waals surface area (Å²) < 4.78 is 5.45. The maximum absolute atomic E-state index is 12.7. The normalized spacial score (nSPS) is 17.9. The SMILES string of the molecule is O=C(c1cnc(Nc2ccccc2N2CCOCC2)nc1)N1CCCCCC1. The molecule has 7 nitrogen and oxygen atoms in total. The quantitative estimate of drug-likeness (QED) is 0.878. The van der Waals surface area contributed by atoms with Gasteiger partial charge in [-0.3, -0.25) is 4.79 Å². The van der Waals surface area contributed by atoms with E-state index >= 15 is 0 Å². The molecule has 0 unspecified atom stereocenters. The Bertz CT molecular complexity index is 782. The summed E-state index contributed by atoms with van der Waals surface area (Å²) in [5.74, 6) is 0.523. The Kier molecular flexibility index (Phi) is 6.01. The van der Waals surface area contributed by atoms with Crippen LogP contribution in [-0.2, 0) is 4.74 Å². The predicted octanol–water partition coefficient (Wildman–Crippen LogP) is 3.07. The summed E-state index contributed by atoms with van der Waals surface area (Å²) in [4.78, 5) is 25.7. The number of carbonyl (C=O) groups is 1. The maximum atomic E-state index is 12.7. The summed E-state index contributed by atoms with van der Waals surface area (Å²) in [5, 5.41) is 3.30. The van der Waals surface area contributed by atoms with Crippen molar-refractivity contribution >= 4 is 23.2 Å². The number of likely N-dealkylation sites (tertiary alicyclic amines) is 1. The van der Waals surface area contributed by atoms with E-state index in [1.807, 2.05) is 23.1 Å². The summed E-state index contributed by atoms with van der Waals surface area (Å²) in [6, 6.07) is 8.12. The summed E-state index contributed by atoms with van der Waals surface area (Å²) in [5.41, 5.74) is 2.61. The lowest BCUT2D eigenvalue weighted by atomic mass is 10.2. The van der Waals surface area contributed by atoms with Gasteiger partial charge in [0.15, 0.2) is 0 Å². The van der Waals surface area contributed by atoms with E-state index in [0.29, 0.717) is 11.5 Å². The molecule has 0 bridgehead atoms. The van der Waals surface area contributed by atoms with Gasteiger partial charge in [-0.25, -0.2) is 9.97 Å². The van der Waals surface area contributed by atoms with Crippen LogP contribution in [-0.4, -0.2) is 60.2 Å². The molecule has 2 fully saturated rings. The molecule has 148 valence electrons. The first-order chi connectivity index (χ1) is 13.8. The lowest BCUT2D eigenvalue weighted by Gasteiger charge is -2.30. The van der Waals surface area contributed by atoms with Gasteiger partial charge in [0.05, 0.1) is 30.2 Å². The topological polar surface area (TPSA) is 70.6 Å². The van der Waals surface area contributed by atoms with Gasteiger partial charge in [0.25, 0.3) is 5.91 Å². The van der Waals surface area contributed by atoms with E-state index in [9.17, 15) is 4.79 Å². The van der Waals surface area contributed by atoms with Crippen molar-refractivity contribution in [3.8, 4) is 0 Å². The predicted molar refractivity (Wildman–Crippen MR) is 109 cm³/mol. The van der Waals surface area contributed by atoms with Crippen molar-refractivity contribution in [3.63, 3.8) is 0 Å². The van der Waals surface area contributed by atoms with Crippen molar-refractivity contribution in [2.75, 3.05) is 49.6 Å². The Balaban J connectivity index is 1.45. The molecule has 4 rings (SSSR count). The van der Waals surface area contributed by atoms with Crippen LogP contribution >= 0.6 is 0 Å². The number of aromatic nitrogens is 2. The van der Waals surface area contributed by atoms with E-state index in [1.165, 1.54) is 12.8 Å². The molecule has 0 spiro atoms. The van der Waals surface area contributed by atoms with Crippen LogP contribution in [0.3, 0.4) is 0 Å². The number of rotatable bonds is 4. The van der Waals surface area contributed by atoms with Crippen LogP contribution in [0, 0.1) is 0 Å². The highest BCUT2D eigenvalue weighted by atomic mass is 16.5. The zero-order valence-corrected chi connectivity index (χ0v) is 16.1. The number of nitrogens with one attached hydrogen (secondary N) is 1. The first-order valence-electron chi connectivity index (χ1n) is 10.1. The Labute approximate surface area is 165 Å². The third-order valence-corrected chi connectivity index (χ3v) is 5.29. The average Bonchev–Trinajstić information content (AvgIpc) is 3.04. The van der Waals surface area contributed by atoms with Crippen LogP contribution in [0.25, 0.3) is 0 Å². The van der Waals surface area contributed by atoms with Crippen molar-refractivity contribution in [1.29, 1.82) is 0 Å². The number of para-hydroxylation sites is 2. The Morgan fingerprint density at radius 1 is 0.929 bits per heavy atom. The fraction of sp³-hybridized carbons (Fsp3) is 0.476. The van der Waals surface area contributed by atoms with E-state index in [-0.39, 0.29) is 5.91 Å². The molecule has 1 aromatic heterocycles. The standard InChI is InChI=1S/C21H27N5O2/c27-20(26-9-5-1-2-6-10-26)17-15-22-21(23-16-17)24-18-7-3-4-8-19(18)25-11-13-28-14-12-25/h3-4,7-8,15-16H,1-2,5-6,9-14H2,(H,22,23,24). The highest BCUT2D eigenvalue weighted by Crippen LogP contribution is 2.28. The van der Waals surface area contributed by atoms with Crippen molar-refractivity contribution < 1.29 is 9.53 Å². The molecule has 0 atom stereocenters. The van der Waals surface area contributed by atoms with Gasteiger partial charge in [0.2, 0.25) is 5.95 Å². The number of anilines is 3. The molecule has 1 aromatic carbocycles. The molecule has 28 heavy (non-hydrogen) atoms. The Morgan fingerprint density at radius 3 is 2.32 bits per heavy atom. The van der Waals surface area contributed by atoms with Crippen LogP contribution in [0.2, 0.25) is 0 Å². The van der Waals surface area contributed by atoms with Crippen molar-refractivity contribution in [2.45, 2.75) is 25.7 Å². The second kappa shape index (κ2) is 9.01. The van der Waals surface area contributed by atoms with Crippen molar-refractivity contribution in [1.82, 2.24) is 14.9 Å². The molecule has 0 saturated carbocycles. The molecule has 7 heteroatoms. The number of morpholine rings is 1. The van der Waals surface area contributed by atoms with E-state index in [4.69, 9.17) is 4.74 Å². The smallest absolute Gasteiger partial charge is 0.256 e. The summed E-state index contributed by atoms with van der Waals surface area (Å²) in [6.45, 7) is 4.85. The van der Waals surface area contributed by atoms with Crippen LogP contribution in [0.4, 0.5) is 17.3 Å². The first kappa shape index (κ1) is 18.7. The number of nitrogens with zero attached hydrogens (tertiary/aromatic N) is 4. The van der Waals surface area contributed by atoms with Gasteiger partial charge in [-0.2, -0.15) is 0 Å². The summed E-state index contributed by atoms with van der Waals surface area (Å²) in [7, 11) is 0. The van der Waals surface area contributed by atoms with Crippen molar-refractivity contribution in [2.24, 2.45) is 0 Å². The molecule has 1 amide bonds. The van der Waals surface area contributed by atoms with E-state index < -0.39 is 0 Å². The van der Waals surface area contributed by atoms with Gasteiger partial charge in [-0.15, -0.1) is 0 Å². The highest BCUT2D eigenvalue weighted by molar-refractivity contribution is 5.93. The lowest BCUT2D eigenvalue weighted by molar-refractivity contribution is 0.0761. The molecule has 0 aliphatic carbocycles. The molecule has 2 saturated heterocycles. The largest absolute Gasteiger partial charge is 0.378 e. The van der Waals surface area contributed by atoms with Crippen molar-refractivity contribution in [3.05, 3.63) is 42.2 Å². The van der Waals surface area contributed by atoms with Gasteiger partial charge < -0.3 is 19.9 Å². The zero-order chi connectivity index (χ0) is 19.2. The van der Waals surface area contributed by atoms with E-state index in [0.717, 1.165) is 63.6 Å². The van der Waals surface area contributed by atoms with Crippen LogP contribution in [0.1, 0.15) is 36.0 Å². The number of ether oxygens (including phenoxy) is 1. The summed E-state index contributed by atoms with van der Waals surface area (Å²) in [6.07, 6.45) is 7.80. The Morgan fingerprint density at radius 2 is 1.61 bits per heavy atom. The monoisotopic (exact) mass is 381 g/mol. The minimum Gasteiger partial charge on any atom is -0.378 e. The third kappa shape index (κ3) is 4.42. The summed E-state index contributed by atoms with van der Waals surface area (Å²) >= 11 is 0. The minimum absolute atomic E-state index is 0.0298. The first-order valence-corrected chi connectivity index (χ1v) is 10.1. The van der Waals surface area contributed by atoms with Crippen LogP contribution in [0.5, 0.6) is 0 Å². The maximum Gasteiger partial charge on any atom is 0.256 e. The zero-order valence-electron chi connectivity index (χ0n) is 16.1. The van der Waals surface area contributed by atoms with E-state index in [2.05, 4.69) is 26.3 Å². The number of carbonyl (C=O) groups excluding carboxylic acids is 1. The van der Waals surface area contributed by atoms with E-state index in [1.54, 1.807) is 12.4 Å². The highest BCUT2D eigenvalue weighted by Gasteiger charge is 2.19. The molecule has 2 aromatic rings. The molecule has 1 N–H and O–H groups in total. The van der Waals surface area contributed by atoms with Crippen LogP contribution < -0.4 is 10.2 Å². The van der Waals surface area contributed by atoms with Gasteiger partial charge in [-0.05, 0) is 25.0 Å². The molecule has 3 heterocycles. The molecular weight excluding hydrogens is 354 g/mol. The Hall–Kier alpha value is -2.67. The third-order valence-electron chi connectivity index (χ3n) is 5.29. The fourth-order valence-electron chi connectivity index (χ4n) is 3.74. The van der Waals surface area contributed by atoms with Gasteiger partial charge in [0, 0.05) is 38.6 Å². The van der Waals surface area contributed by atoms with Crippen LogP contribution in [0.15, 0.2) is 36.7 Å². The fourth-order valence-corrected chi connectivity index (χ4v) is 3.74. The molecule has 0 radical (unpaired) electrons. The lowest BCUT2D eigenvalue weighted by Crippen LogP contribution is -2.36. The number of benzene rings is 1. The number of hydrogen-bond donors (Lipinski definition) is 1. The minimum atomic E-state index is 0.0298.